The van der Waals surface area contributed by atoms with Gasteiger partial charge in [-0.15, -0.1) is 0 Å². The van der Waals surface area contributed by atoms with Gasteiger partial charge in [0, 0.05) is 28.2 Å². The number of hydrazone groups is 1. The van der Waals surface area contributed by atoms with Crippen molar-refractivity contribution >= 4 is 18.1 Å². The molecule has 0 bridgehead atoms. The molecule has 0 aliphatic carbocycles. The second-order valence-electron chi connectivity index (χ2n) is 7.21. The lowest BCUT2D eigenvalue weighted by atomic mass is 10.1. The van der Waals surface area contributed by atoms with Gasteiger partial charge in [0.25, 0.3) is 5.91 Å². The van der Waals surface area contributed by atoms with E-state index in [9.17, 15) is 22.8 Å². The number of amides is 1. The van der Waals surface area contributed by atoms with Crippen LogP contribution in [0.4, 0.5) is 13.2 Å². The number of aryl methyl sites for hydroxylation is 1. The van der Waals surface area contributed by atoms with Crippen molar-refractivity contribution in [3.05, 3.63) is 88.2 Å². The van der Waals surface area contributed by atoms with E-state index < -0.39 is 23.6 Å². The van der Waals surface area contributed by atoms with Crippen molar-refractivity contribution in [3.8, 4) is 5.69 Å². The first kappa shape index (κ1) is 23.8. The van der Waals surface area contributed by atoms with E-state index in [-0.39, 0.29) is 5.56 Å². The second kappa shape index (κ2) is 9.72. The maximum absolute atomic E-state index is 12.8. The standard InChI is InChI=1S/C24H22F3N3O3/c1-4-33-23(32)17-8-10-21(11-9-17)30-15(2)12-19(16(30)3)14-28-29-22(31)18-6-5-7-20(13-18)24(25,26)27/h5-14H,4H2,1-3H3,(H,29,31)/b28-14-. The van der Waals surface area contributed by atoms with Gasteiger partial charge < -0.3 is 9.30 Å². The Kier molecular flexibility index (Phi) is 7.01. The zero-order valence-electron chi connectivity index (χ0n) is 18.2. The van der Waals surface area contributed by atoms with E-state index >= 15 is 0 Å². The number of rotatable bonds is 6. The molecular weight excluding hydrogens is 435 g/mol. The second-order valence-corrected chi connectivity index (χ2v) is 7.21. The van der Waals surface area contributed by atoms with E-state index in [2.05, 4.69) is 10.5 Å². The lowest BCUT2D eigenvalue weighted by Crippen LogP contribution is -2.18. The number of nitrogens with zero attached hydrogens (tertiary/aromatic N) is 2. The lowest BCUT2D eigenvalue weighted by molar-refractivity contribution is -0.137. The molecule has 1 N–H and O–H groups in total. The zero-order valence-corrected chi connectivity index (χ0v) is 18.2. The minimum absolute atomic E-state index is 0.144. The Balaban J connectivity index is 1.75. The van der Waals surface area contributed by atoms with E-state index in [0.29, 0.717) is 17.7 Å². The van der Waals surface area contributed by atoms with Crippen LogP contribution < -0.4 is 5.43 Å². The van der Waals surface area contributed by atoms with Gasteiger partial charge in [-0.2, -0.15) is 18.3 Å². The average molecular weight is 457 g/mol. The number of carbonyl (C=O) groups is 2. The van der Waals surface area contributed by atoms with Gasteiger partial charge in [-0.05, 0) is 69.3 Å². The molecule has 2 aromatic carbocycles. The van der Waals surface area contributed by atoms with Crippen LogP contribution in [0.1, 0.15) is 50.2 Å². The average Bonchev–Trinajstić information content (AvgIpc) is 3.06. The fourth-order valence-electron chi connectivity index (χ4n) is 3.34. The molecule has 0 fully saturated rings. The summed E-state index contributed by atoms with van der Waals surface area (Å²) in [6.07, 6.45) is -3.11. The fourth-order valence-corrected chi connectivity index (χ4v) is 3.34. The highest BCUT2D eigenvalue weighted by Crippen LogP contribution is 2.29. The van der Waals surface area contributed by atoms with Crippen LogP contribution in [-0.4, -0.2) is 29.3 Å². The molecule has 0 radical (unpaired) electrons. The summed E-state index contributed by atoms with van der Waals surface area (Å²) in [7, 11) is 0. The van der Waals surface area contributed by atoms with Crippen molar-refractivity contribution in [1.29, 1.82) is 0 Å². The minimum atomic E-state index is -4.54. The summed E-state index contributed by atoms with van der Waals surface area (Å²) in [6.45, 7) is 5.79. The normalized spacial score (nSPS) is 11.6. The molecular formula is C24H22F3N3O3. The van der Waals surface area contributed by atoms with Crippen molar-refractivity contribution in [2.45, 2.75) is 26.9 Å². The highest BCUT2D eigenvalue weighted by atomic mass is 19.4. The third kappa shape index (κ3) is 5.49. The maximum Gasteiger partial charge on any atom is 0.416 e. The Bertz CT molecular complexity index is 1200. The smallest absolute Gasteiger partial charge is 0.416 e. The zero-order chi connectivity index (χ0) is 24.2. The van der Waals surface area contributed by atoms with Crippen molar-refractivity contribution in [2.75, 3.05) is 6.61 Å². The van der Waals surface area contributed by atoms with Gasteiger partial charge in [0.05, 0.1) is 23.9 Å². The first-order chi connectivity index (χ1) is 15.6. The van der Waals surface area contributed by atoms with Crippen molar-refractivity contribution < 1.29 is 27.5 Å². The molecule has 0 aliphatic rings. The van der Waals surface area contributed by atoms with E-state index in [1.165, 1.54) is 18.3 Å². The van der Waals surface area contributed by atoms with E-state index in [0.717, 1.165) is 29.2 Å². The number of hydrogen-bond acceptors (Lipinski definition) is 4. The predicted molar refractivity (Wildman–Crippen MR) is 118 cm³/mol. The van der Waals surface area contributed by atoms with Crippen LogP contribution in [0.15, 0.2) is 59.7 Å². The van der Waals surface area contributed by atoms with Crippen LogP contribution in [-0.2, 0) is 10.9 Å². The molecule has 0 unspecified atom stereocenters. The quantitative estimate of drug-likeness (QED) is 0.320. The molecule has 0 saturated heterocycles. The van der Waals surface area contributed by atoms with Gasteiger partial charge in [0.2, 0.25) is 0 Å². The summed E-state index contributed by atoms with van der Waals surface area (Å²) in [5.41, 5.74) is 4.91. The van der Waals surface area contributed by atoms with Crippen molar-refractivity contribution in [2.24, 2.45) is 5.10 Å². The third-order valence-corrected chi connectivity index (χ3v) is 4.93. The summed E-state index contributed by atoms with van der Waals surface area (Å²) in [4.78, 5) is 24.0. The Labute approximate surface area is 188 Å². The molecule has 1 heterocycles. The summed E-state index contributed by atoms with van der Waals surface area (Å²) < 4.78 is 45.5. The number of halogens is 3. The van der Waals surface area contributed by atoms with Gasteiger partial charge in [-0.25, -0.2) is 10.2 Å². The molecule has 172 valence electrons. The van der Waals surface area contributed by atoms with Crippen LogP contribution in [0.2, 0.25) is 0 Å². The summed E-state index contributed by atoms with van der Waals surface area (Å²) in [5.74, 6) is -1.14. The van der Waals surface area contributed by atoms with Crippen LogP contribution >= 0.6 is 0 Å². The van der Waals surface area contributed by atoms with E-state index in [4.69, 9.17) is 4.74 Å². The molecule has 6 nitrogen and oxygen atoms in total. The van der Waals surface area contributed by atoms with Gasteiger partial charge in [-0.1, -0.05) is 6.07 Å². The number of hydrogen-bond donors (Lipinski definition) is 1. The highest BCUT2D eigenvalue weighted by molar-refractivity contribution is 5.95. The summed E-state index contributed by atoms with van der Waals surface area (Å²) >= 11 is 0. The van der Waals surface area contributed by atoms with Crippen LogP contribution in [0.5, 0.6) is 0 Å². The van der Waals surface area contributed by atoms with Crippen molar-refractivity contribution in [3.63, 3.8) is 0 Å². The maximum atomic E-state index is 12.8. The predicted octanol–water partition coefficient (Wildman–Crippen LogP) is 5.05. The topological polar surface area (TPSA) is 72.7 Å². The van der Waals surface area contributed by atoms with Crippen LogP contribution in [0, 0.1) is 13.8 Å². The molecule has 0 spiro atoms. The molecule has 1 amide bonds. The molecule has 3 aromatic rings. The molecule has 0 atom stereocenters. The Morgan fingerprint density at radius 3 is 2.39 bits per heavy atom. The van der Waals surface area contributed by atoms with Gasteiger partial charge in [0.15, 0.2) is 0 Å². The van der Waals surface area contributed by atoms with E-state index in [1.54, 1.807) is 31.2 Å². The summed E-state index contributed by atoms with van der Waals surface area (Å²) in [5, 5.41) is 3.90. The number of nitrogens with one attached hydrogen (secondary N) is 1. The van der Waals surface area contributed by atoms with Gasteiger partial charge in [-0.3, -0.25) is 4.79 Å². The number of aromatic nitrogens is 1. The molecule has 1 aromatic heterocycles. The number of alkyl halides is 3. The van der Waals surface area contributed by atoms with Gasteiger partial charge >= 0.3 is 12.1 Å². The summed E-state index contributed by atoms with van der Waals surface area (Å²) in [6, 6.07) is 12.9. The Morgan fingerprint density at radius 1 is 1.06 bits per heavy atom. The Morgan fingerprint density at radius 2 is 1.76 bits per heavy atom. The number of carbonyl (C=O) groups excluding carboxylic acids is 2. The lowest BCUT2D eigenvalue weighted by Gasteiger charge is -2.10. The minimum Gasteiger partial charge on any atom is -0.462 e. The molecule has 0 aliphatic heterocycles. The Hall–Kier alpha value is -3.88. The van der Waals surface area contributed by atoms with Crippen LogP contribution in [0.3, 0.4) is 0 Å². The third-order valence-electron chi connectivity index (χ3n) is 4.93. The first-order valence-corrected chi connectivity index (χ1v) is 10.1. The molecule has 33 heavy (non-hydrogen) atoms. The SMILES string of the molecule is CCOC(=O)c1ccc(-n2c(C)cc(/C=N\NC(=O)c3cccc(C(F)(F)F)c3)c2C)cc1. The van der Waals surface area contributed by atoms with Crippen LogP contribution in [0.25, 0.3) is 5.69 Å². The molecule has 9 heteroatoms. The number of esters is 1. The fraction of sp³-hybridized carbons (Fsp3) is 0.208. The monoisotopic (exact) mass is 457 g/mol. The number of ether oxygens (including phenoxy) is 1. The largest absolute Gasteiger partial charge is 0.462 e. The molecule has 0 saturated carbocycles. The van der Waals surface area contributed by atoms with Gasteiger partial charge in [0.1, 0.15) is 0 Å². The van der Waals surface area contributed by atoms with Crippen molar-refractivity contribution in [1.82, 2.24) is 9.99 Å². The highest BCUT2D eigenvalue weighted by Gasteiger charge is 2.30. The number of benzene rings is 2. The molecule has 3 rings (SSSR count). The first-order valence-electron chi connectivity index (χ1n) is 10.1. The van der Waals surface area contributed by atoms with E-state index in [1.807, 2.05) is 24.5 Å².